The highest BCUT2D eigenvalue weighted by Crippen LogP contribution is 2.26. The highest BCUT2D eigenvalue weighted by molar-refractivity contribution is 9.10. The second-order valence-electron chi connectivity index (χ2n) is 5.86. The molecule has 0 aliphatic carbocycles. The predicted octanol–water partition coefficient (Wildman–Crippen LogP) is 1.94. The fraction of sp³-hybridized carbons (Fsp3) is 0.125. The number of nitro groups is 1. The first-order valence-electron chi connectivity index (χ1n) is 8.44. The molecule has 1 amide bonds. The van der Waals surface area contributed by atoms with Crippen LogP contribution in [0.4, 0.5) is 17.3 Å². The van der Waals surface area contributed by atoms with Gasteiger partial charge >= 0.3 is 11.8 Å². The zero-order chi connectivity index (χ0) is 23.5. The number of sulfonamides is 1. The molecular weight excluding hydrogens is 514 g/mol. The van der Waals surface area contributed by atoms with Crippen LogP contribution < -0.4 is 19.5 Å². The summed E-state index contributed by atoms with van der Waals surface area (Å²) in [6, 6.07) is 6.34. The molecule has 14 nitrogen and oxygen atoms in total. The molecule has 2 heterocycles. The minimum absolute atomic E-state index is 0.0731. The third kappa shape index (κ3) is 4.92. The molecule has 3 rings (SSSR count). The fourth-order valence-electron chi connectivity index (χ4n) is 2.35. The van der Waals surface area contributed by atoms with Crippen LogP contribution in [0.2, 0.25) is 0 Å². The summed E-state index contributed by atoms with van der Waals surface area (Å²) in [5.41, 5.74) is -0.00130. The standard InChI is InChI=1S/C16H14BrN7O7S/c1-30-11-7-10(19-16(20-11)31-2)23-32(28,29)9-5-3-8(4-6-9)18-15(25)13-12(17)14(22-21-13)24(26)27/h3-7H,1-2H3,(H,18,25)(H,21,22)(H,19,20,23). The largest absolute Gasteiger partial charge is 0.481 e. The number of rotatable bonds is 8. The van der Waals surface area contributed by atoms with E-state index in [1.165, 1.54) is 44.6 Å². The minimum Gasteiger partial charge on any atom is -0.481 e. The SMILES string of the molecule is COc1cc(NS(=O)(=O)c2ccc(NC(=O)c3n[nH]c([N+](=O)[O-])c3Br)cc2)nc(OC)n1. The van der Waals surface area contributed by atoms with Crippen molar-refractivity contribution in [3.8, 4) is 11.9 Å². The van der Waals surface area contributed by atoms with E-state index in [4.69, 9.17) is 9.47 Å². The number of H-pyrrole nitrogens is 1. The van der Waals surface area contributed by atoms with Gasteiger partial charge in [0, 0.05) is 11.8 Å². The smallest absolute Gasteiger partial charge is 0.357 e. The average Bonchev–Trinajstić information content (AvgIpc) is 3.15. The Hall–Kier alpha value is -3.79. The molecule has 0 bridgehead atoms. The molecular formula is C16H14BrN7O7S. The van der Waals surface area contributed by atoms with E-state index < -0.39 is 26.7 Å². The molecule has 0 fully saturated rings. The number of benzene rings is 1. The van der Waals surface area contributed by atoms with Gasteiger partial charge in [0.1, 0.15) is 4.47 Å². The van der Waals surface area contributed by atoms with Gasteiger partial charge in [-0.1, -0.05) is 5.10 Å². The van der Waals surface area contributed by atoms with Crippen molar-refractivity contribution in [2.75, 3.05) is 24.3 Å². The summed E-state index contributed by atoms with van der Waals surface area (Å²) in [7, 11) is -1.36. The first kappa shape index (κ1) is 22.9. The van der Waals surface area contributed by atoms with Gasteiger partial charge in [-0.15, -0.1) is 5.10 Å². The van der Waals surface area contributed by atoms with Crippen LogP contribution in [0.3, 0.4) is 0 Å². The zero-order valence-corrected chi connectivity index (χ0v) is 18.7. The summed E-state index contributed by atoms with van der Waals surface area (Å²) in [6.45, 7) is 0. The van der Waals surface area contributed by atoms with E-state index in [2.05, 4.69) is 46.1 Å². The molecule has 0 aliphatic heterocycles. The number of nitrogens with one attached hydrogen (secondary N) is 3. The van der Waals surface area contributed by atoms with E-state index in [9.17, 15) is 23.3 Å². The van der Waals surface area contributed by atoms with Gasteiger partial charge in [0.15, 0.2) is 11.5 Å². The highest BCUT2D eigenvalue weighted by Gasteiger charge is 2.25. The van der Waals surface area contributed by atoms with Crippen molar-refractivity contribution < 1.29 is 27.6 Å². The number of ether oxygens (including phenoxy) is 2. The van der Waals surface area contributed by atoms with Crippen molar-refractivity contribution in [2.45, 2.75) is 4.90 Å². The molecule has 0 spiro atoms. The van der Waals surface area contributed by atoms with Crippen LogP contribution in [0.15, 0.2) is 39.7 Å². The van der Waals surface area contributed by atoms with Gasteiger partial charge in [-0.05, 0) is 45.1 Å². The van der Waals surface area contributed by atoms with Crippen molar-refractivity contribution in [2.24, 2.45) is 0 Å². The van der Waals surface area contributed by atoms with Gasteiger partial charge in [0.2, 0.25) is 5.88 Å². The Balaban J connectivity index is 1.76. The fourth-order valence-corrected chi connectivity index (χ4v) is 3.84. The number of aromatic amines is 1. The van der Waals surface area contributed by atoms with Crippen LogP contribution >= 0.6 is 15.9 Å². The van der Waals surface area contributed by atoms with E-state index in [0.717, 1.165) is 0 Å². The molecule has 3 aromatic rings. The second kappa shape index (κ2) is 9.15. The number of carbonyl (C=O) groups excluding carboxylic acids is 1. The number of anilines is 2. The normalized spacial score (nSPS) is 11.0. The highest BCUT2D eigenvalue weighted by atomic mass is 79.9. The maximum absolute atomic E-state index is 12.6. The van der Waals surface area contributed by atoms with E-state index in [1.54, 1.807) is 0 Å². The molecule has 0 saturated carbocycles. The number of aromatic nitrogens is 4. The van der Waals surface area contributed by atoms with E-state index in [1.807, 2.05) is 0 Å². The minimum atomic E-state index is -4.04. The number of hydrogen-bond acceptors (Lipinski definition) is 10. The number of amides is 1. The number of halogens is 1. The number of nitrogens with zero attached hydrogens (tertiary/aromatic N) is 4. The molecule has 3 N–H and O–H groups in total. The Morgan fingerprint density at radius 1 is 1.19 bits per heavy atom. The quantitative estimate of drug-likeness (QED) is 0.288. The van der Waals surface area contributed by atoms with Crippen LogP contribution in [0.25, 0.3) is 0 Å². The van der Waals surface area contributed by atoms with E-state index >= 15 is 0 Å². The molecule has 0 atom stereocenters. The monoisotopic (exact) mass is 527 g/mol. The maximum Gasteiger partial charge on any atom is 0.357 e. The Morgan fingerprint density at radius 3 is 2.44 bits per heavy atom. The van der Waals surface area contributed by atoms with Crippen molar-refractivity contribution in [3.63, 3.8) is 0 Å². The van der Waals surface area contributed by atoms with Crippen LogP contribution in [-0.4, -0.2) is 53.6 Å². The van der Waals surface area contributed by atoms with Crippen LogP contribution in [0.5, 0.6) is 11.9 Å². The molecule has 32 heavy (non-hydrogen) atoms. The van der Waals surface area contributed by atoms with Gasteiger partial charge in [0.25, 0.3) is 15.9 Å². The van der Waals surface area contributed by atoms with Crippen molar-refractivity contribution in [1.82, 2.24) is 20.2 Å². The lowest BCUT2D eigenvalue weighted by atomic mass is 10.3. The van der Waals surface area contributed by atoms with E-state index in [-0.39, 0.29) is 38.5 Å². The summed E-state index contributed by atoms with van der Waals surface area (Å²) in [4.78, 5) is 30.1. The number of carbonyl (C=O) groups is 1. The summed E-state index contributed by atoms with van der Waals surface area (Å²) in [5, 5.41) is 19.0. The van der Waals surface area contributed by atoms with Crippen molar-refractivity contribution in [3.05, 3.63) is 50.6 Å². The molecule has 0 radical (unpaired) electrons. The molecule has 1 aromatic carbocycles. The molecule has 168 valence electrons. The third-order valence-corrected chi connectivity index (χ3v) is 5.94. The number of methoxy groups -OCH3 is 2. The van der Waals surface area contributed by atoms with Gasteiger partial charge in [0.05, 0.1) is 19.1 Å². The Kier molecular flexibility index (Phi) is 6.54. The lowest BCUT2D eigenvalue weighted by molar-refractivity contribution is -0.390. The second-order valence-corrected chi connectivity index (χ2v) is 8.33. The lowest BCUT2D eigenvalue weighted by Gasteiger charge is -2.10. The first-order valence-corrected chi connectivity index (χ1v) is 10.7. The Labute approximate surface area is 188 Å². The van der Waals surface area contributed by atoms with Crippen LogP contribution in [0.1, 0.15) is 10.5 Å². The Morgan fingerprint density at radius 2 is 1.88 bits per heavy atom. The van der Waals surface area contributed by atoms with Gasteiger partial charge in [-0.25, -0.2) is 8.42 Å². The van der Waals surface area contributed by atoms with Crippen LogP contribution in [0, 0.1) is 10.1 Å². The molecule has 0 aliphatic rings. The lowest BCUT2D eigenvalue weighted by Crippen LogP contribution is -2.15. The predicted molar refractivity (Wildman–Crippen MR) is 113 cm³/mol. The summed E-state index contributed by atoms with van der Waals surface area (Å²) in [5.74, 6) is -1.19. The summed E-state index contributed by atoms with van der Waals surface area (Å²) >= 11 is 2.94. The summed E-state index contributed by atoms with van der Waals surface area (Å²) < 4.78 is 37.3. The van der Waals surface area contributed by atoms with Gasteiger partial charge in [-0.3, -0.25) is 9.52 Å². The maximum atomic E-state index is 12.6. The van der Waals surface area contributed by atoms with Crippen molar-refractivity contribution in [1.29, 1.82) is 0 Å². The zero-order valence-electron chi connectivity index (χ0n) is 16.3. The first-order chi connectivity index (χ1) is 15.1. The van der Waals surface area contributed by atoms with Gasteiger partial charge in [-0.2, -0.15) is 9.97 Å². The third-order valence-electron chi connectivity index (χ3n) is 3.82. The van der Waals surface area contributed by atoms with E-state index in [0.29, 0.717) is 0 Å². The Bertz CT molecular complexity index is 1260. The van der Waals surface area contributed by atoms with Crippen molar-refractivity contribution >= 4 is 49.2 Å². The summed E-state index contributed by atoms with van der Waals surface area (Å²) in [6.07, 6.45) is 0. The molecule has 0 unspecified atom stereocenters. The molecule has 2 aromatic heterocycles. The molecule has 16 heteroatoms. The topological polar surface area (TPSA) is 191 Å². The number of hydrogen-bond donors (Lipinski definition) is 3. The van der Waals surface area contributed by atoms with Crippen LogP contribution in [-0.2, 0) is 10.0 Å². The molecule has 0 saturated heterocycles. The average molecular weight is 528 g/mol. The van der Waals surface area contributed by atoms with Gasteiger partial charge < -0.3 is 24.9 Å².